The van der Waals surface area contributed by atoms with Crippen LogP contribution in [0.25, 0.3) is 0 Å². The highest BCUT2D eigenvalue weighted by atomic mass is 32.2. The summed E-state index contributed by atoms with van der Waals surface area (Å²) in [5.74, 6) is -0.279. The fourth-order valence-corrected chi connectivity index (χ4v) is 4.59. The summed E-state index contributed by atoms with van der Waals surface area (Å²) >= 11 is 0. The second kappa shape index (κ2) is 8.32. The summed E-state index contributed by atoms with van der Waals surface area (Å²) in [6.07, 6.45) is 0. The van der Waals surface area contributed by atoms with Crippen LogP contribution in [-0.4, -0.2) is 14.3 Å². The van der Waals surface area contributed by atoms with Crippen LogP contribution < -0.4 is 10.0 Å². The van der Waals surface area contributed by atoms with Crippen LogP contribution in [0.15, 0.2) is 59.5 Å². The quantitative estimate of drug-likeness (QED) is 0.587. The highest BCUT2D eigenvalue weighted by Gasteiger charge is 2.19. The van der Waals surface area contributed by atoms with Crippen LogP contribution in [0.5, 0.6) is 0 Å². The summed E-state index contributed by atoms with van der Waals surface area (Å²) in [5, 5.41) is 2.97. The molecule has 0 aliphatic rings. The first-order chi connectivity index (χ1) is 14.1. The van der Waals surface area contributed by atoms with Gasteiger partial charge in [-0.3, -0.25) is 9.52 Å². The van der Waals surface area contributed by atoms with Crippen molar-refractivity contribution in [1.29, 1.82) is 0 Å². The predicted octanol–water partition coefficient (Wildman–Crippen LogP) is 5.28. The number of amides is 1. The van der Waals surface area contributed by atoms with Gasteiger partial charge in [-0.15, -0.1) is 0 Å². The van der Waals surface area contributed by atoms with Crippen molar-refractivity contribution in [2.45, 2.75) is 39.5 Å². The van der Waals surface area contributed by atoms with Gasteiger partial charge in [0.05, 0.1) is 10.6 Å². The molecule has 0 aliphatic carbocycles. The molecule has 1 amide bonds. The van der Waals surface area contributed by atoms with Gasteiger partial charge in [-0.1, -0.05) is 41.5 Å². The largest absolute Gasteiger partial charge is 0.321 e. The predicted molar refractivity (Wildman–Crippen MR) is 122 cm³/mol. The average molecular weight is 423 g/mol. The van der Waals surface area contributed by atoms with E-state index in [0.29, 0.717) is 16.8 Å². The number of benzene rings is 3. The van der Waals surface area contributed by atoms with Gasteiger partial charge in [0.15, 0.2) is 0 Å². The maximum Gasteiger partial charge on any atom is 0.261 e. The zero-order valence-electron chi connectivity index (χ0n) is 17.8. The SMILES string of the molecule is Cc1ccc(S(=O)(=O)Nc2cccc(C(=O)Nc3c(C)cc(C)cc3C)c2C)cc1. The second-order valence-corrected chi connectivity index (χ2v) is 9.31. The first-order valence-corrected chi connectivity index (χ1v) is 11.1. The Hall–Kier alpha value is -3.12. The molecule has 30 heavy (non-hydrogen) atoms. The van der Waals surface area contributed by atoms with Crippen LogP contribution in [0, 0.1) is 34.6 Å². The lowest BCUT2D eigenvalue weighted by Gasteiger charge is -2.16. The molecule has 0 bridgehead atoms. The Morgan fingerprint density at radius 3 is 2.00 bits per heavy atom. The molecule has 0 saturated heterocycles. The van der Waals surface area contributed by atoms with Crippen molar-refractivity contribution < 1.29 is 13.2 Å². The minimum absolute atomic E-state index is 0.174. The molecular formula is C24H26N2O3S. The van der Waals surface area contributed by atoms with E-state index in [1.807, 2.05) is 39.8 Å². The van der Waals surface area contributed by atoms with E-state index in [1.165, 1.54) is 0 Å². The molecule has 6 heteroatoms. The zero-order chi connectivity index (χ0) is 22.1. The van der Waals surface area contributed by atoms with Crippen molar-refractivity contribution in [2.75, 3.05) is 10.0 Å². The van der Waals surface area contributed by atoms with E-state index in [1.54, 1.807) is 49.4 Å². The number of hydrogen-bond donors (Lipinski definition) is 2. The number of rotatable bonds is 5. The molecule has 0 heterocycles. The van der Waals surface area contributed by atoms with Crippen LogP contribution in [0.1, 0.15) is 38.2 Å². The summed E-state index contributed by atoms with van der Waals surface area (Å²) < 4.78 is 28.1. The normalized spacial score (nSPS) is 11.2. The summed E-state index contributed by atoms with van der Waals surface area (Å²) in [6.45, 7) is 9.55. The monoisotopic (exact) mass is 422 g/mol. The van der Waals surface area contributed by atoms with Gasteiger partial charge in [-0.2, -0.15) is 0 Å². The number of hydrogen-bond acceptors (Lipinski definition) is 3. The van der Waals surface area contributed by atoms with E-state index in [0.717, 1.165) is 27.9 Å². The molecule has 5 nitrogen and oxygen atoms in total. The fraction of sp³-hybridized carbons (Fsp3) is 0.208. The molecule has 3 aromatic rings. The van der Waals surface area contributed by atoms with Crippen LogP contribution in [0.3, 0.4) is 0 Å². The van der Waals surface area contributed by atoms with Crippen molar-refractivity contribution in [3.8, 4) is 0 Å². The topological polar surface area (TPSA) is 75.3 Å². The van der Waals surface area contributed by atoms with E-state index < -0.39 is 10.0 Å². The number of carbonyl (C=O) groups excluding carboxylic acids is 1. The van der Waals surface area contributed by atoms with Crippen molar-refractivity contribution >= 4 is 27.3 Å². The van der Waals surface area contributed by atoms with Crippen LogP contribution in [0.4, 0.5) is 11.4 Å². The maximum absolute atomic E-state index is 13.0. The van der Waals surface area contributed by atoms with Crippen molar-refractivity contribution in [3.05, 3.63) is 88.0 Å². The molecule has 0 aliphatic heterocycles. The Kier molecular flexibility index (Phi) is 5.99. The van der Waals surface area contributed by atoms with Crippen LogP contribution in [-0.2, 0) is 10.0 Å². The molecule has 2 N–H and O–H groups in total. The number of anilines is 2. The third-order valence-corrected chi connectivity index (χ3v) is 6.45. The van der Waals surface area contributed by atoms with Gasteiger partial charge in [0.25, 0.3) is 15.9 Å². The summed E-state index contributed by atoms with van der Waals surface area (Å²) in [5.41, 5.74) is 6.20. The summed E-state index contributed by atoms with van der Waals surface area (Å²) in [4.78, 5) is 13.1. The summed E-state index contributed by atoms with van der Waals surface area (Å²) in [7, 11) is -3.75. The maximum atomic E-state index is 13.0. The molecule has 0 radical (unpaired) electrons. The van der Waals surface area contributed by atoms with Gasteiger partial charge < -0.3 is 5.32 Å². The lowest BCUT2D eigenvalue weighted by molar-refractivity contribution is 0.102. The number of aryl methyl sites for hydroxylation is 4. The van der Waals surface area contributed by atoms with Crippen LogP contribution in [0.2, 0.25) is 0 Å². The third-order valence-electron chi connectivity index (χ3n) is 5.07. The minimum Gasteiger partial charge on any atom is -0.321 e. The molecule has 156 valence electrons. The Balaban J connectivity index is 1.90. The van der Waals surface area contributed by atoms with E-state index in [4.69, 9.17) is 0 Å². The Bertz CT molecular complexity index is 1190. The van der Waals surface area contributed by atoms with Crippen molar-refractivity contribution in [1.82, 2.24) is 0 Å². The molecule has 0 fully saturated rings. The van der Waals surface area contributed by atoms with Gasteiger partial charge in [0.2, 0.25) is 0 Å². The van der Waals surface area contributed by atoms with E-state index in [-0.39, 0.29) is 10.8 Å². The first kappa shape index (κ1) is 21.6. The van der Waals surface area contributed by atoms with Gasteiger partial charge in [0.1, 0.15) is 0 Å². The van der Waals surface area contributed by atoms with Crippen molar-refractivity contribution in [2.24, 2.45) is 0 Å². The molecule has 0 atom stereocenters. The van der Waals surface area contributed by atoms with Gasteiger partial charge in [0, 0.05) is 11.3 Å². The second-order valence-electron chi connectivity index (χ2n) is 7.62. The Morgan fingerprint density at radius 2 is 1.40 bits per heavy atom. The van der Waals surface area contributed by atoms with E-state index in [9.17, 15) is 13.2 Å². The number of nitrogens with one attached hydrogen (secondary N) is 2. The average Bonchev–Trinajstić information content (AvgIpc) is 2.66. The number of carbonyl (C=O) groups is 1. The summed E-state index contributed by atoms with van der Waals surface area (Å²) in [6, 6.07) is 15.7. The molecule has 0 spiro atoms. The zero-order valence-corrected chi connectivity index (χ0v) is 18.6. The Labute approximate surface area is 178 Å². The standard InChI is InChI=1S/C24H26N2O3S/c1-15-9-11-20(12-10-15)30(28,29)26-22-8-6-7-21(19(22)5)24(27)25-23-17(3)13-16(2)14-18(23)4/h6-14,26H,1-5H3,(H,25,27). The van der Waals surface area contributed by atoms with Gasteiger partial charge in [-0.05, 0) is 75.6 Å². The fourth-order valence-electron chi connectivity index (χ4n) is 3.47. The van der Waals surface area contributed by atoms with E-state index in [2.05, 4.69) is 10.0 Å². The first-order valence-electron chi connectivity index (χ1n) is 9.67. The lowest BCUT2D eigenvalue weighted by Crippen LogP contribution is -2.18. The number of sulfonamides is 1. The minimum atomic E-state index is -3.75. The highest BCUT2D eigenvalue weighted by Crippen LogP contribution is 2.26. The molecule has 3 rings (SSSR count). The van der Waals surface area contributed by atoms with Gasteiger partial charge in [-0.25, -0.2) is 8.42 Å². The van der Waals surface area contributed by atoms with Crippen LogP contribution >= 0.6 is 0 Å². The molecule has 0 aromatic heterocycles. The van der Waals surface area contributed by atoms with Crippen molar-refractivity contribution in [3.63, 3.8) is 0 Å². The molecule has 0 unspecified atom stereocenters. The van der Waals surface area contributed by atoms with E-state index >= 15 is 0 Å². The van der Waals surface area contributed by atoms with Gasteiger partial charge >= 0.3 is 0 Å². The molecule has 0 saturated carbocycles. The Morgan fingerprint density at radius 1 is 0.800 bits per heavy atom. The highest BCUT2D eigenvalue weighted by molar-refractivity contribution is 7.92. The smallest absolute Gasteiger partial charge is 0.261 e. The third kappa shape index (κ3) is 4.54. The molecular weight excluding hydrogens is 396 g/mol. The lowest BCUT2D eigenvalue weighted by atomic mass is 10.0. The molecule has 3 aromatic carbocycles.